The second kappa shape index (κ2) is 21.9. The molecule has 0 aromatic rings. The highest BCUT2D eigenvalue weighted by Gasteiger charge is 2.86. The molecule has 0 bridgehead atoms. The number of hydrogen-bond acceptors (Lipinski definition) is 15. The van der Waals surface area contributed by atoms with Crippen LogP contribution in [0.3, 0.4) is 0 Å². The van der Waals surface area contributed by atoms with E-state index in [1.54, 1.807) is 5.32 Å². The van der Waals surface area contributed by atoms with Gasteiger partial charge in [-0.05, 0) is 38.3 Å². The van der Waals surface area contributed by atoms with Crippen LogP contribution in [0.4, 0.5) is 0 Å². The van der Waals surface area contributed by atoms with E-state index in [4.69, 9.17) is 5.73 Å². The summed E-state index contributed by atoms with van der Waals surface area (Å²) in [6.45, 7) is -2.67. The van der Waals surface area contributed by atoms with Gasteiger partial charge in [0, 0.05) is 5.41 Å². The van der Waals surface area contributed by atoms with Gasteiger partial charge in [0.05, 0.1) is 5.54 Å². The molecule has 0 aromatic heterocycles. The van der Waals surface area contributed by atoms with E-state index < -0.39 is 179 Å². The van der Waals surface area contributed by atoms with Crippen LogP contribution >= 0.6 is 91.1 Å². The summed E-state index contributed by atoms with van der Waals surface area (Å²) in [6.07, 6.45) is -6.17. The summed E-state index contributed by atoms with van der Waals surface area (Å²) >= 11 is 0. The van der Waals surface area contributed by atoms with Crippen LogP contribution in [0.1, 0.15) is 25.7 Å². The summed E-state index contributed by atoms with van der Waals surface area (Å²) in [4.78, 5) is 248. The first-order valence-electron chi connectivity index (χ1n) is 16.2. The fourth-order valence-corrected chi connectivity index (χ4v) is 27.6. The molecule has 0 amide bonds. The van der Waals surface area contributed by atoms with Gasteiger partial charge in [0.15, 0.2) is 21.6 Å². The molecule has 0 radical (unpaired) electrons. The lowest BCUT2D eigenvalue weighted by molar-refractivity contribution is 0.0459. The molecule has 1 unspecified atom stereocenters. The van der Waals surface area contributed by atoms with Crippen molar-refractivity contribution in [1.29, 1.82) is 0 Å². The lowest BCUT2D eigenvalue weighted by Crippen LogP contribution is -2.77. The Hall–Kier alpha value is 1.68. The average molecular weight is 1220 g/mol. The summed E-state index contributed by atoms with van der Waals surface area (Å²) in [7, 11) is -90.6. The van der Waals surface area contributed by atoms with E-state index in [1.165, 1.54) is 0 Å². The molecule has 0 heterocycles. The molecule has 28 N–H and O–H groups in total. The zero-order valence-corrected chi connectivity index (χ0v) is 42.6. The van der Waals surface area contributed by atoms with Crippen LogP contribution in [0.15, 0.2) is 0 Å². The van der Waals surface area contributed by atoms with Gasteiger partial charge in [-0.1, -0.05) is 6.42 Å². The van der Waals surface area contributed by atoms with Crippen LogP contribution in [0.5, 0.6) is 0 Å². The maximum absolute atomic E-state index is 13.6. The molecule has 0 rings (SSSR count). The first-order valence-corrected chi connectivity index (χ1v) is 36.3. The van der Waals surface area contributed by atoms with Crippen molar-refractivity contribution >= 4 is 91.1 Å². The molecule has 0 aromatic carbocycles. The molecule has 398 valence electrons. The molecular weight excluding hydrogens is 1170 g/mol. The van der Waals surface area contributed by atoms with Gasteiger partial charge in [-0.15, -0.1) is 0 Å². The third-order valence-corrected chi connectivity index (χ3v) is 31.6. The van der Waals surface area contributed by atoms with Crippen LogP contribution < -0.4 is 16.4 Å². The molecule has 0 aliphatic heterocycles. The molecule has 0 fully saturated rings. The van der Waals surface area contributed by atoms with Crippen LogP contribution in [0.2, 0.25) is 0 Å². The first kappa shape index (κ1) is 67.7. The summed E-state index contributed by atoms with van der Waals surface area (Å²) in [6, 6.07) is 0. The number of hydrogen-bond donors (Lipinski definition) is 27. The second-order valence-electron chi connectivity index (χ2n) is 14.1. The number of nitrogens with one attached hydrogen (secondary N) is 2. The van der Waals surface area contributed by atoms with Gasteiger partial charge >= 0.3 is 91.1 Å². The van der Waals surface area contributed by atoms with Crippen molar-refractivity contribution in [3.63, 3.8) is 0 Å². The quantitative estimate of drug-likeness (QED) is 0.0258. The van der Waals surface area contributed by atoms with Crippen molar-refractivity contribution < 1.29 is 172 Å². The third kappa shape index (κ3) is 17.1. The molecule has 39 nitrogen and oxygen atoms in total. The highest BCUT2D eigenvalue weighted by atomic mass is 31.3. The Kier molecular flexibility index (Phi) is 22.4. The Balaban J connectivity index is 10.5. The van der Waals surface area contributed by atoms with Crippen LogP contribution in [0, 0.1) is 11.3 Å². The molecular formula is C15H47N3O36P12. The Morgan fingerprint density at radius 1 is 0.364 bits per heavy atom. The monoisotopic (exact) mass is 1220 g/mol. The average Bonchev–Trinajstić information content (AvgIpc) is 2.92. The van der Waals surface area contributed by atoms with Crippen molar-refractivity contribution in [1.82, 2.24) is 10.6 Å². The fourth-order valence-electron chi connectivity index (χ4n) is 7.46. The predicted octanol–water partition coefficient (Wildman–Crippen LogP) is -4.97. The summed E-state index contributed by atoms with van der Waals surface area (Å²) in [5.74, 6) is -2.74. The van der Waals surface area contributed by atoms with E-state index in [0.717, 1.165) is 0 Å². The van der Waals surface area contributed by atoms with Crippen LogP contribution in [0.25, 0.3) is 0 Å². The number of unbranched alkanes of at least 4 members (excludes halogenated alkanes) is 1. The van der Waals surface area contributed by atoms with E-state index in [2.05, 4.69) is 0 Å². The third-order valence-electron chi connectivity index (χ3n) is 9.02. The first-order chi connectivity index (χ1) is 28.3. The Morgan fingerprint density at radius 2 is 0.621 bits per heavy atom. The van der Waals surface area contributed by atoms with Gasteiger partial charge in [-0.3, -0.25) is 65.4 Å². The zero-order valence-electron chi connectivity index (χ0n) is 31.9. The standard InChI is InChI=1S/C15H47N3O36P12/c16-6-7(3-1-2-4-17-12(63(43,44)45)64(46,47)48)5-14(8(55(19,20)21)56(22,23)24,9(57(25,26)27)58(28,29)30)15(10(59(31,32)33)60(34,35)36,11(61(37,38)39)62(40,41)42)18-13(65(49,50)51)66(52,53)54/h7-13,17-18H,1-6,16H2,(H2,19,20,21)(H2,22,23,24)(H2,25,26,27)(H2,28,29,30)(H2,31,32,33)(H2,34,35,36)(H2,37,38,39)(H2,40,41,42)(H2,43,44,45)(H2,46,47,48)(H2,49,50,51)(H2,52,53,54). The molecule has 0 aliphatic carbocycles. The molecule has 51 heteroatoms. The van der Waals surface area contributed by atoms with E-state index in [9.17, 15) is 172 Å². The lowest BCUT2D eigenvalue weighted by atomic mass is 9.66. The van der Waals surface area contributed by atoms with Crippen molar-refractivity contribution in [3.05, 3.63) is 0 Å². The molecule has 0 aliphatic rings. The smallest absolute Gasteiger partial charge is 0.330 e. The Bertz CT molecular complexity index is 2090. The normalized spacial score (nSPS) is 16.4. The van der Waals surface area contributed by atoms with Crippen molar-refractivity contribution in [2.24, 2.45) is 17.1 Å². The van der Waals surface area contributed by atoms with E-state index in [-0.39, 0.29) is 5.32 Å². The summed E-state index contributed by atoms with van der Waals surface area (Å²) in [5, 5.41) is -20.1. The molecule has 0 spiro atoms. The van der Waals surface area contributed by atoms with Gasteiger partial charge in [-0.25, -0.2) is 0 Å². The van der Waals surface area contributed by atoms with Gasteiger partial charge < -0.3 is 123 Å². The van der Waals surface area contributed by atoms with E-state index in [0.29, 0.717) is 0 Å². The van der Waals surface area contributed by atoms with Crippen molar-refractivity contribution in [3.8, 4) is 0 Å². The number of rotatable bonds is 28. The minimum atomic E-state index is -8.07. The molecule has 0 saturated heterocycles. The largest absolute Gasteiger partial charge is 0.354 e. The second-order valence-corrected chi connectivity index (χ2v) is 36.9. The summed E-state index contributed by atoms with van der Waals surface area (Å²) < 4.78 is 157. The highest BCUT2D eigenvalue weighted by Crippen LogP contribution is 2.86. The Morgan fingerprint density at radius 3 is 0.833 bits per heavy atom. The lowest BCUT2D eigenvalue weighted by Gasteiger charge is -2.62. The SMILES string of the molecule is NCC(CCCCNC(P(=O)(O)O)P(=O)(O)O)CC(C(P(=O)(O)O)P(=O)(O)O)(C(P(=O)(O)O)P(=O)(O)O)C(NC(P(=O)(O)O)P(=O)(O)O)(C(P(=O)(O)O)P(=O)(O)O)C(P(=O)(O)O)P(=O)(O)O. The molecule has 1 atom stereocenters. The minimum Gasteiger partial charge on any atom is -0.330 e. The van der Waals surface area contributed by atoms with Crippen molar-refractivity contribution in [2.75, 3.05) is 13.1 Å². The van der Waals surface area contributed by atoms with E-state index in [1.807, 2.05) is 0 Å². The maximum Gasteiger partial charge on any atom is 0.354 e. The predicted molar refractivity (Wildman–Crippen MR) is 215 cm³/mol. The van der Waals surface area contributed by atoms with Crippen LogP contribution in [-0.2, 0) is 54.8 Å². The van der Waals surface area contributed by atoms with Gasteiger partial charge in [0.1, 0.15) is 0 Å². The van der Waals surface area contributed by atoms with Gasteiger partial charge in [0.2, 0.25) is 11.0 Å². The van der Waals surface area contributed by atoms with Crippen LogP contribution in [-0.4, -0.2) is 169 Å². The van der Waals surface area contributed by atoms with Crippen molar-refractivity contribution in [2.45, 2.75) is 63.9 Å². The van der Waals surface area contributed by atoms with E-state index >= 15 is 0 Å². The Labute approximate surface area is 367 Å². The molecule has 66 heavy (non-hydrogen) atoms. The maximum atomic E-state index is 13.6. The topological polar surface area (TPSA) is 740 Å². The zero-order chi connectivity index (χ0) is 53.7. The van der Waals surface area contributed by atoms with Gasteiger partial charge in [0.25, 0.3) is 0 Å². The number of nitrogens with two attached hydrogens (primary N) is 1. The highest BCUT2D eigenvalue weighted by molar-refractivity contribution is 7.75. The molecule has 0 saturated carbocycles. The fraction of sp³-hybridized carbons (Fsp3) is 1.00. The minimum absolute atomic E-state index is 0.244. The van der Waals surface area contributed by atoms with Gasteiger partial charge in [-0.2, -0.15) is 0 Å². The summed E-state index contributed by atoms with van der Waals surface area (Å²) in [5.41, 5.74) is -15.2.